The van der Waals surface area contributed by atoms with Crippen molar-refractivity contribution in [1.82, 2.24) is 15.0 Å². The lowest BCUT2D eigenvalue weighted by Crippen LogP contribution is -2.29. The first-order chi connectivity index (χ1) is 17.4. The number of halogens is 4. The van der Waals surface area contributed by atoms with Crippen molar-refractivity contribution in [3.05, 3.63) is 64.4 Å². The Morgan fingerprint density at radius 1 is 1.00 bits per heavy atom. The number of ketones is 1. The van der Waals surface area contributed by atoms with E-state index in [1.165, 1.54) is 19.3 Å². The second-order valence-electron chi connectivity index (χ2n) is 8.75. The minimum atomic E-state index is -0.178. The molecule has 0 unspecified atom stereocenters. The third-order valence-electron chi connectivity index (χ3n) is 6.34. The zero-order valence-corrected chi connectivity index (χ0v) is 23.7. The second-order valence-corrected chi connectivity index (χ2v) is 9.57. The van der Waals surface area contributed by atoms with Crippen LogP contribution in [-0.2, 0) is 0 Å². The molecule has 0 radical (unpaired) electrons. The molecule has 38 heavy (non-hydrogen) atoms. The highest BCUT2D eigenvalue weighted by Crippen LogP contribution is 2.37. The number of anilines is 3. The molecule has 2 N–H and O–H groups in total. The molecule has 1 saturated heterocycles. The van der Waals surface area contributed by atoms with Crippen LogP contribution >= 0.6 is 48.0 Å². The average Bonchev–Trinajstić information content (AvgIpc) is 2.92. The molecule has 4 aromatic rings. The largest absolute Gasteiger partial charge is 0.505 e. The molecule has 0 amide bonds. The highest BCUT2D eigenvalue weighted by Gasteiger charge is 2.18. The van der Waals surface area contributed by atoms with Crippen molar-refractivity contribution in [3.63, 3.8) is 0 Å². The van der Waals surface area contributed by atoms with Gasteiger partial charge in [0.05, 0.1) is 44.4 Å². The van der Waals surface area contributed by atoms with Gasteiger partial charge in [-0.05, 0) is 55.7 Å². The molecular formula is C27H27Cl4N5O2. The number of rotatable bonds is 6. The molecular weight excluding hydrogens is 568 g/mol. The molecule has 1 aliphatic heterocycles. The SMILES string of the molecule is CCC(=O)c1cnc2ccc(-c3cc(Cl)c(O)c(Cl)c3)nc2c1Nc1ccc(N2CCCCC2)nc1.Cl.Cl. The molecule has 5 rings (SSSR count). The van der Waals surface area contributed by atoms with Gasteiger partial charge in [0.25, 0.3) is 0 Å². The summed E-state index contributed by atoms with van der Waals surface area (Å²) in [5, 5.41) is 13.6. The van der Waals surface area contributed by atoms with E-state index in [0.717, 1.165) is 24.6 Å². The van der Waals surface area contributed by atoms with E-state index >= 15 is 0 Å². The van der Waals surface area contributed by atoms with Gasteiger partial charge in [-0.1, -0.05) is 30.1 Å². The van der Waals surface area contributed by atoms with Gasteiger partial charge < -0.3 is 15.3 Å². The van der Waals surface area contributed by atoms with Gasteiger partial charge in [0.15, 0.2) is 11.5 Å². The lowest BCUT2D eigenvalue weighted by molar-refractivity contribution is 0.0988. The van der Waals surface area contributed by atoms with Crippen LogP contribution in [0.3, 0.4) is 0 Å². The summed E-state index contributed by atoms with van der Waals surface area (Å²) in [6.45, 7) is 3.85. The number of hydrogen-bond donors (Lipinski definition) is 2. The van der Waals surface area contributed by atoms with Crippen LogP contribution in [0.15, 0.2) is 48.8 Å². The predicted molar refractivity (Wildman–Crippen MR) is 159 cm³/mol. The molecule has 1 fully saturated rings. The Morgan fingerprint density at radius 2 is 1.71 bits per heavy atom. The van der Waals surface area contributed by atoms with Gasteiger partial charge in [-0.3, -0.25) is 9.78 Å². The zero-order chi connectivity index (χ0) is 25.2. The Labute approximate surface area is 243 Å². The molecule has 7 nitrogen and oxygen atoms in total. The standard InChI is InChI=1S/C27H25Cl2N5O2.2ClH/c1-2-23(35)18-15-30-22-8-7-21(16-12-19(28)27(36)20(29)13-16)33-26(22)25(18)32-17-6-9-24(31-14-17)34-10-4-3-5-11-34;;/h6-9,12-15,36H,2-5,10-11H2,1H3,(H,30,32);2*1H. The number of aromatic nitrogens is 3. The average molecular weight is 595 g/mol. The molecule has 1 aliphatic rings. The molecule has 0 aliphatic carbocycles. The number of carbonyl (C=O) groups is 1. The maximum Gasteiger partial charge on any atom is 0.166 e. The van der Waals surface area contributed by atoms with E-state index < -0.39 is 0 Å². The maximum absolute atomic E-state index is 12.8. The summed E-state index contributed by atoms with van der Waals surface area (Å²) in [6.07, 6.45) is 7.31. The summed E-state index contributed by atoms with van der Waals surface area (Å²) < 4.78 is 0. The van der Waals surface area contributed by atoms with Crippen molar-refractivity contribution in [2.24, 2.45) is 0 Å². The molecule has 200 valence electrons. The van der Waals surface area contributed by atoms with Crippen molar-refractivity contribution in [1.29, 1.82) is 0 Å². The molecule has 0 bridgehead atoms. The number of aromatic hydroxyl groups is 1. The van der Waals surface area contributed by atoms with E-state index in [9.17, 15) is 9.90 Å². The smallest absolute Gasteiger partial charge is 0.166 e. The number of Topliss-reactive ketones (excluding diaryl/α,β-unsaturated/α-hetero) is 1. The van der Waals surface area contributed by atoms with Gasteiger partial charge in [-0.2, -0.15) is 0 Å². The number of nitrogens with zero attached hydrogens (tertiary/aromatic N) is 4. The number of pyridine rings is 3. The maximum atomic E-state index is 12.8. The van der Waals surface area contributed by atoms with Crippen LogP contribution in [0.4, 0.5) is 17.2 Å². The minimum Gasteiger partial charge on any atom is -0.505 e. The molecule has 0 saturated carbocycles. The predicted octanol–water partition coefficient (Wildman–Crippen LogP) is 7.87. The fourth-order valence-electron chi connectivity index (χ4n) is 4.38. The lowest BCUT2D eigenvalue weighted by atomic mass is 10.1. The second kappa shape index (κ2) is 12.8. The topological polar surface area (TPSA) is 91.2 Å². The Hall–Kier alpha value is -2.84. The van der Waals surface area contributed by atoms with Crippen LogP contribution in [0.2, 0.25) is 10.0 Å². The van der Waals surface area contributed by atoms with Gasteiger partial charge in [0.1, 0.15) is 11.3 Å². The number of fused-ring (bicyclic) bond motifs is 1. The molecule has 4 heterocycles. The van der Waals surface area contributed by atoms with E-state index in [0.29, 0.717) is 40.0 Å². The molecule has 1 aromatic carbocycles. The van der Waals surface area contributed by atoms with Gasteiger partial charge >= 0.3 is 0 Å². The number of benzene rings is 1. The summed E-state index contributed by atoms with van der Waals surface area (Å²) in [5.41, 5.74) is 4.14. The number of piperidine rings is 1. The van der Waals surface area contributed by atoms with E-state index in [4.69, 9.17) is 28.2 Å². The Balaban J connectivity index is 0.00000200. The third-order valence-corrected chi connectivity index (χ3v) is 6.92. The van der Waals surface area contributed by atoms with Crippen LogP contribution in [0, 0.1) is 0 Å². The number of carbonyl (C=O) groups excluding carboxylic acids is 1. The number of phenolic OH excluding ortho intramolecular Hbond substituents is 1. The summed E-state index contributed by atoms with van der Waals surface area (Å²) in [6, 6.07) is 10.8. The third kappa shape index (κ3) is 6.07. The number of phenols is 1. The van der Waals surface area contributed by atoms with E-state index in [-0.39, 0.29) is 46.4 Å². The van der Waals surface area contributed by atoms with Crippen LogP contribution in [-0.4, -0.2) is 38.9 Å². The molecule has 0 spiro atoms. The van der Waals surface area contributed by atoms with Crippen LogP contribution < -0.4 is 10.2 Å². The van der Waals surface area contributed by atoms with Crippen molar-refractivity contribution < 1.29 is 9.90 Å². The lowest BCUT2D eigenvalue weighted by Gasteiger charge is -2.27. The summed E-state index contributed by atoms with van der Waals surface area (Å²) in [4.78, 5) is 29.1. The first kappa shape index (κ1) is 29.7. The van der Waals surface area contributed by atoms with Crippen LogP contribution in [0.5, 0.6) is 5.75 Å². The first-order valence-electron chi connectivity index (χ1n) is 11.9. The Morgan fingerprint density at radius 3 is 2.34 bits per heavy atom. The first-order valence-corrected chi connectivity index (χ1v) is 12.7. The zero-order valence-electron chi connectivity index (χ0n) is 20.6. The fourth-order valence-corrected chi connectivity index (χ4v) is 4.87. The highest BCUT2D eigenvalue weighted by molar-refractivity contribution is 6.37. The van der Waals surface area contributed by atoms with Gasteiger partial charge in [-0.25, -0.2) is 9.97 Å². The number of hydrogen-bond acceptors (Lipinski definition) is 7. The summed E-state index contributed by atoms with van der Waals surface area (Å²) in [5.74, 6) is 0.724. The van der Waals surface area contributed by atoms with Crippen molar-refractivity contribution in [3.8, 4) is 17.0 Å². The molecule has 0 atom stereocenters. The van der Waals surface area contributed by atoms with Crippen molar-refractivity contribution in [2.45, 2.75) is 32.6 Å². The summed E-state index contributed by atoms with van der Waals surface area (Å²) >= 11 is 12.3. The highest BCUT2D eigenvalue weighted by atomic mass is 35.5. The van der Waals surface area contributed by atoms with Crippen LogP contribution in [0.25, 0.3) is 22.3 Å². The van der Waals surface area contributed by atoms with Gasteiger partial charge in [0.2, 0.25) is 0 Å². The van der Waals surface area contributed by atoms with Gasteiger partial charge in [-0.15, -0.1) is 24.8 Å². The quantitative estimate of drug-likeness (QED) is 0.219. The monoisotopic (exact) mass is 593 g/mol. The summed E-state index contributed by atoms with van der Waals surface area (Å²) in [7, 11) is 0. The fraction of sp³-hybridized carbons (Fsp3) is 0.259. The van der Waals surface area contributed by atoms with Gasteiger partial charge in [0, 0.05) is 31.3 Å². The van der Waals surface area contributed by atoms with E-state index in [1.54, 1.807) is 30.6 Å². The Bertz CT molecular complexity index is 1420. The minimum absolute atomic E-state index is 0. The van der Waals surface area contributed by atoms with E-state index in [1.807, 2.05) is 25.1 Å². The molecule has 3 aromatic heterocycles. The van der Waals surface area contributed by atoms with E-state index in [2.05, 4.69) is 20.2 Å². The van der Waals surface area contributed by atoms with Crippen LogP contribution in [0.1, 0.15) is 43.0 Å². The Kier molecular flexibility index (Phi) is 10.0. The normalized spacial score (nSPS) is 13.0. The van der Waals surface area contributed by atoms with Crippen molar-refractivity contribution >= 4 is 82.0 Å². The molecule has 11 heteroatoms. The van der Waals surface area contributed by atoms with Crippen molar-refractivity contribution in [2.75, 3.05) is 23.3 Å². The number of nitrogens with one attached hydrogen (secondary N) is 1.